The molecule has 0 aromatic carbocycles. The summed E-state index contributed by atoms with van der Waals surface area (Å²) >= 11 is 0. The lowest BCUT2D eigenvalue weighted by Crippen LogP contribution is -2.55. The highest BCUT2D eigenvalue weighted by atomic mass is 15.2. The van der Waals surface area contributed by atoms with E-state index in [1.54, 1.807) is 0 Å². The van der Waals surface area contributed by atoms with Gasteiger partial charge < -0.3 is 5.73 Å². The van der Waals surface area contributed by atoms with Gasteiger partial charge in [0, 0.05) is 23.2 Å². The molecule has 1 aliphatic rings. The summed E-state index contributed by atoms with van der Waals surface area (Å²) in [4.78, 5) is 2.37. The van der Waals surface area contributed by atoms with E-state index in [9.17, 15) is 0 Å². The average Bonchev–Trinajstić information content (AvgIpc) is 1.80. The predicted octanol–water partition coefficient (Wildman–Crippen LogP) is 1.72. The molecule has 0 atom stereocenters. The minimum atomic E-state index is 0.0891. The predicted molar refractivity (Wildman–Crippen MR) is 52.8 cm³/mol. The lowest BCUT2D eigenvalue weighted by Gasteiger charge is -2.48. The summed E-state index contributed by atoms with van der Waals surface area (Å²) in [5, 5.41) is 0. The zero-order chi connectivity index (χ0) is 9.57. The normalized spacial score (nSPS) is 28.2. The first kappa shape index (κ1) is 9.59. The van der Waals surface area contributed by atoms with Gasteiger partial charge in [-0.05, 0) is 40.8 Å². The summed E-state index contributed by atoms with van der Waals surface area (Å²) < 4.78 is 0. The number of hydrogen-bond donors (Lipinski definition) is 1. The van der Waals surface area contributed by atoms with Crippen molar-refractivity contribution < 1.29 is 0 Å². The second-order valence-corrected chi connectivity index (χ2v) is 4.92. The maximum atomic E-state index is 5.88. The van der Waals surface area contributed by atoms with Gasteiger partial charge in [-0.3, -0.25) is 4.90 Å². The van der Waals surface area contributed by atoms with E-state index in [0.717, 1.165) is 12.1 Å². The molecule has 2 N–H and O–H groups in total. The Labute approximate surface area is 75.4 Å². The highest BCUT2D eigenvalue weighted by Gasteiger charge is 2.37. The molecule has 1 rings (SSSR count). The lowest BCUT2D eigenvalue weighted by molar-refractivity contribution is 0.0616. The molecule has 1 heterocycles. The van der Waals surface area contributed by atoms with E-state index in [1.165, 1.54) is 0 Å². The summed E-state index contributed by atoms with van der Waals surface area (Å²) in [6, 6.07) is 0. The Hall–Kier alpha value is -0.500. The Bertz CT molecular complexity index is 214. The van der Waals surface area contributed by atoms with E-state index in [-0.39, 0.29) is 11.1 Å². The molecule has 0 amide bonds. The van der Waals surface area contributed by atoms with E-state index < -0.39 is 0 Å². The van der Waals surface area contributed by atoms with Gasteiger partial charge in [0.1, 0.15) is 0 Å². The van der Waals surface area contributed by atoms with Gasteiger partial charge in [-0.2, -0.15) is 0 Å². The molecule has 0 spiro atoms. The van der Waals surface area contributed by atoms with Crippen LogP contribution in [0.2, 0.25) is 0 Å². The first-order valence-corrected chi connectivity index (χ1v) is 4.47. The lowest BCUT2D eigenvalue weighted by atomic mass is 9.84. The maximum Gasteiger partial charge on any atom is 0.0356 e. The number of hydrogen-bond acceptors (Lipinski definition) is 2. The van der Waals surface area contributed by atoms with Crippen LogP contribution in [-0.4, -0.2) is 23.0 Å². The topological polar surface area (TPSA) is 29.3 Å². The van der Waals surface area contributed by atoms with E-state index in [2.05, 4.69) is 45.7 Å². The van der Waals surface area contributed by atoms with Crippen LogP contribution < -0.4 is 5.73 Å². The molecule has 70 valence electrons. The third-order valence-corrected chi connectivity index (χ3v) is 2.95. The van der Waals surface area contributed by atoms with Crippen molar-refractivity contribution in [3.05, 3.63) is 11.8 Å². The highest BCUT2D eigenvalue weighted by molar-refractivity contribution is 5.18. The molecule has 0 unspecified atom stereocenters. The molecule has 2 nitrogen and oxygen atoms in total. The van der Waals surface area contributed by atoms with Gasteiger partial charge in [-0.1, -0.05) is 0 Å². The van der Waals surface area contributed by atoms with Gasteiger partial charge in [0.15, 0.2) is 0 Å². The van der Waals surface area contributed by atoms with Crippen molar-refractivity contribution in [2.24, 2.45) is 5.73 Å². The second kappa shape index (κ2) is 2.49. The summed E-state index contributed by atoms with van der Waals surface area (Å²) in [7, 11) is 2.16. The highest BCUT2D eigenvalue weighted by Crippen LogP contribution is 2.33. The molecular weight excluding hydrogens is 148 g/mol. The summed E-state index contributed by atoms with van der Waals surface area (Å²) in [5.41, 5.74) is 7.17. The molecule has 0 saturated heterocycles. The second-order valence-electron chi connectivity index (χ2n) is 4.92. The monoisotopic (exact) mass is 168 g/mol. The van der Waals surface area contributed by atoms with Gasteiger partial charge in [-0.15, -0.1) is 0 Å². The van der Waals surface area contributed by atoms with Crippen molar-refractivity contribution in [3.8, 4) is 0 Å². The molecule has 0 aromatic rings. The number of nitrogens with zero attached hydrogens (tertiary/aromatic N) is 1. The van der Waals surface area contributed by atoms with Gasteiger partial charge in [0.25, 0.3) is 0 Å². The van der Waals surface area contributed by atoms with Crippen LogP contribution in [0.25, 0.3) is 0 Å². The Morgan fingerprint density at radius 2 is 1.83 bits per heavy atom. The first-order valence-electron chi connectivity index (χ1n) is 4.47. The molecule has 1 aliphatic heterocycles. The summed E-state index contributed by atoms with van der Waals surface area (Å²) in [5.74, 6) is 0. The van der Waals surface area contributed by atoms with E-state index in [1.807, 2.05) is 0 Å². The van der Waals surface area contributed by atoms with Crippen molar-refractivity contribution >= 4 is 0 Å². The maximum absolute atomic E-state index is 5.88. The number of likely N-dealkylation sites (N-methyl/N-ethyl adjacent to an activating group) is 1. The van der Waals surface area contributed by atoms with Crippen molar-refractivity contribution in [1.82, 2.24) is 4.90 Å². The molecule has 2 heteroatoms. The van der Waals surface area contributed by atoms with Crippen LogP contribution in [0, 0.1) is 0 Å². The third kappa shape index (κ3) is 1.48. The summed E-state index contributed by atoms with van der Waals surface area (Å²) in [6.45, 7) is 8.85. The van der Waals surface area contributed by atoms with E-state index in [4.69, 9.17) is 5.73 Å². The largest absolute Gasteiger partial charge is 0.402 e. The fourth-order valence-corrected chi connectivity index (χ4v) is 2.00. The fraction of sp³-hybridized carbons (Fsp3) is 0.800. The Morgan fingerprint density at radius 1 is 1.33 bits per heavy atom. The van der Waals surface area contributed by atoms with Crippen molar-refractivity contribution in [2.75, 3.05) is 7.05 Å². The minimum absolute atomic E-state index is 0.0891. The van der Waals surface area contributed by atoms with Crippen LogP contribution in [0.5, 0.6) is 0 Å². The van der Waals surface area contributed by atoms with Crippen LogP contribution in [0.4, 0.5) is 0 Å². The zero-order valence-corrected chi connectivity index (χ0v) is 8.81. The van der Waals surface area contributed by atoms with E-state index >= 15 is 0 Å². The van der Waals surface area contributed by atoms with Gasteiger partial charge in [0.05, 0.1) is 0 Å². The quantitative estimate of drug-likeness (QED) is 0.597. The molecule has 0 radical (unpaired) electrons. The molecular formula is C10H20N2. The van der Waals surface area contributed by atoms with Crippen LogP contribution in [-0.2, 0) is 0 Å². The molecule has 0 aromatic heterocycles. The van der Waals surface area contributed by atoms with Crippen molar-refractivity contribution in [3.63, 3.8) is 0 Å². The smallest absolute Gasteiger partial charge is 0.0356 e. The van der Waals surface area contributed by atoms with Crippen molar-refractivity contribution in [1.29, 1.82) is 0 Å². The first-order chi connectivity index (χ1) is 5.26. The molecule has 12 heavy (non-hydrogen) atoms. The van der Waals surface area contributed by atoms with Gasteiger partial charge >= 0.3 is 0 Å². The molecule has 0 aliphatic carbocycles. The number of nitrogens with two attached hydrogens (primary N) is 1. The average molecular weight is 168 g/mol. The molecule has 0 bridgehead atoms. The molecule has 0 fully saturated rings. The molecule has 0 saturated carbocycles. The van der Waals surface area contributed by atoms with Crippen LogP contribution in [0.1, 0.15) is 34.1 Å². The van der Waals surface area contributed by atoms with Crippen LogP contribution in [0.3, 0.4) is 0 Å². The standard InChI is InChI=1S/C10H20N2/c1-9(2)6-8(11)7-10(3,4)12(9)5/h6H,7,11H2,1-5H3. The SMILES string of the molecule is CN1C(C)(C)C=C(N)CC1(C)C. The Kier molecular flexibility index (Phi) is 1.99. The number of rotatable bonds is 0. The Balaban J connectivity index is 3.02. The third-order valence-electron chi connectivity index (χ3n) is 2.95. The van der Waals surface area contributed by atoms with E-state index in [0.29, 0.717) is 0 Å². The zero-order valence-electron chi connectivity index (χ0n) is 8.81. The Morgan fingerprint density at radius 3 is 2.25 bits per heavy atom. The van der Waals surface area contributed by atoms with Gasteiger partial charge in [0.2, 0.25) is 0 Å². The summed E-state index contributed by atoms with van der Waals surface area (Å²) in [6.07, 6.45) is 3.12. The fourth-order valence-electron chi connectivity index (χ4n) is 2.00. The van der Waals surface area contributed by atoms with Crippen LogP contribution >= 0.6 is 0 Å². The minimum Gasteiger partial charge on any atom is -0.402 e. The van der Waals surface area contributed by atoms with Crippen molar-refractivity contribution in [2.45, 2.75) is 45.2 Å². The van der Waals surface area contributed by atoms with Crippen LogP contribution in [0.15, 0.2) is 11.8 Å². The van der Waals surface area contributed by atoms with Gasteiger partial charge in [-0.25, -0.2) is 0 Å².